The zero-order valence-corrected chi connectivity index (χ0v) is 12.2. The van der Waals surface area contributed by atoms with Gasteiger partial charge in [0.05, 0.1) is 6.07 Å². The largest absolute Gasteiger partial charge is 0.352 e. The van der Waals surface area contributed by atoms with Crippen LogP contribution in [0.1, 0.15) is 59.3 Å². The topological polar surface area (TPSA) is 70.0 Å². The Hall–Kier alpha value is -1.37. The number of nitrogens with one attached hydrogen (secondary N) is 1. The fraction of sp³-hybridized carbons (Fsp3) is 0.800. The predicted octanol–water partition coefficient (Wildman–Crippen LogP) is 2.58. The smallest absolute Gasteiger partial charge is 0.245 e. The van der Waals surface area contributed by atoms with Crippen molar-refractivity contribution in [2.24, 2.45) is 11.3 Å². The van der Waals surface area contributed by atoms with Crippen molar-refractivity contribution >= 4 is 11.7 Å². The Bertz CT molecular complexity index is 371. The van der Waals surface area contributed by atoms with Crippen LogP contribution in [0.2, 0.25) is 0 Å². The van der Waals surface area contributed by atoms with Gasteiger partial charge in [-0.1, -0.05) is 40.0 Å². The van der Waals surface area contributed by atoms with Gasteiger partial charge in [-0.05, 0) is 18.3 Å². The third kappa shape index (κ3) is 5.42. The summed E-state index contributed by atoms with van der Waals surface area (Å²) in [6.45, 7) is 5.79. The number of carbonyl (C=O) groups is 2. The van der Waals surface area contributed by atoms with Crippen molar-refractivity contribution in [3.05, 3.63) is 0 Å². The molecule has 1 amide bonds. The van der Waals surface area contributed by atoms with E-state index in [0.29, 0.717) is 0 Å². The van der Waals surface area contributed by atoms with Crippen molar-refractivity contribution in [2.75, 3.05) is 0 Å². The molecule has 1 aliphatic carbocycles. The fourth-order valence-electron chi connectivity index (χ4n) is 2.43. The summed E-state index contributed by atoms with van der Waals surface area (Å²) in [4.78, 5) is 24.0. The summed E-state index contributed by atoms with van der Waals surface area (Å²) in [6.07, 6.45) is 5.59. The molecule has 1 fully saturated rings. The van der Waals surface area contributed by atoms with Crippen molar-refractivity contribution in [3.8, 4) is 6.07 Å². The maximum atomic E-state index is 12.0. The molecule has 0 radical (unpaired) electrons. The Balaban J connectivity index is 2.56. The number of hydrogen-bond donors (Lipinski definition) is 1. The second kappa shape index (κ2) is 6.70. The van der Waals surface area contributed by atoms with Gasteiger partial charge in [-0.2, -0.15) is 5.26 Å². The lowest BCUT2D eigenvalue weighted by Crippen LogP contribution is -2.42. The molecular weight excluding hydrogens is 240 g/mol. The highest BCUT2D eigenvalue weighted by Gasteiger charge is 2.30. The summed E-state index contributed by atoms with van der Waals surface area (Å²) in [7, 11) is 0. The predicted molar refractivity (Wildman–Crippen MR) is 73.2 cm³/mol. The fourth-order valence-corrected chi connectivity index (χ4v) is 2.43. The van der Waals surface area contributed by atoms with Crippen LogP contribution in [0, 0.1) is 22.7 Å². The first-order valence-corrected chi connectivity index (χ1v) is 7.06. The summed E-state index contributed by atoms with van der Waals surface area (Å²) >= 11 is 0. The second-order valence-electron chi connectivity index (χ2n) is 6.61. The summed E-state index contributed by atoms with van der Waals surface area (Å²) < 4.78 is 0. The average Bonchev–Trinajstić information content (AvgIpc) is 2.28. The van der Waals surface area contributed by atoms with E-state index < -0.39 is 11.8 Å². The molecule has 1 aliphatic rings. The van der Waals surface area contributed by atoms with Gasteiger partial charge in [0.15, 0.2) is 11.7 Å². The average molecular weight is 264 g/mol. The van der Waals surface area contributed by atoms with Crippen LogP contribution in [0.4, 0.5) is 0 Å². The van der Waals surface area contributed by atoms with Gasteiger partial charge in [0.25, 0.3) is 0 Å². The van der Waals surface area contributed by atoms with Crippen LogP contribution in [0.15, 0.2) is 0 Å². The van der Waals surface area contributed by atoms with Crippen LogP contribution < -0.4 is 5.32 Å². The molecule has 0 bridgehead atoms. The molecule has 0 aliphatic heterocycles. The van der Waals surface area contributed by atoms with Gasteiger partial charge in [-0.15, -0.1) is 0 Å². The van der Waals surface area contributed by atoms with E-state index in [1.165, 1.54) is 6.42 Å². The minimum Gasteiger partial charge on any atom is -0.352 e. The number of amides is 1. The molecule has 4 nitrogen and oxygen atoms in total. The van der Waals surface area contributed by atoms with Crippen molar-refractivity contribution in [2.45, 2.75) is 65.3 Å². The van der Waals surface area contributed by atoms with E-state index in [9.17, 15) is 9.59 Å². The van der Waals surface area contributed by atoms with E-state index in [4.69, 9.17) is 5.26 Å². The van der Waals surface area contributed by atoms with E-state index in [2.05, 4.69) is 5.32 Å². The number of hydrogen-bond acceptors (Lipinski definition) is 3. The zero-order valence-electron chi connectivity index (χ0n) is 12.2. The molecule has 0 aromatic heterocycles. The maximum Gasteiger partial charge on any atom is 0.245 e. The van der Waals surface area contributed by atoms with Crippen LogP contribution in [-0.2, 0) is 9.59 Å². The highest BCUT2D eigenvalue weighted by Crippen LogP contribution is 2.22. The Labute approximate surface area is 115 Å². The van der Waals surface area contributed by atoms with Gasteiger partial charge in [0.1, 0.15) is 0 Å². The first-order valence-electron chi connectivity index (χ1n) is 7.06. The quantitative estimate of drug-likeness (QED) is 0.793. The van der Waals surface area contributed by atoms with E-state index >= 15 is 0 Å². The monoisotopic (exact) mass is 264 g/mol. The van der Waals surface area contributed by atoms with Gasteiger partial charge in [0, 0.05) is 12.5 Å². The van der Waals surface area contributed by atoms with Gasteiger partial charge in [-0.25, -0.2) is 0 Å². The first kappa shape index (κ1) is 15.7. The van der Waals surface area contributed by atoms with E-state index in [-0.39, 0.29) is 23.7 Å². The highest BCUT2D eigenvalue weighted by molar-refractivity contribution is 6.04. The number of nitriles is 1. The number of Topliss-reactive ketones (excluding diaryl/α,β-unsaturated/α-hetero) is 1. The van der Waals surface area contributed by atoms with Crippen LogP contribution >= 0.6 is 0 Å². The number of nitrogens with zero attached hydrogens (tertiary/aromatic N) is 1. The summed E-state index contributed by atoms with van der Waals surface area (Å²) in [5, 5.41) is 11.9. The first-order chi connectivity index (χ1) is 8.83. The van der Waals surface area contributed by atoms with Crippen molar-refractivity contribution < 1.29 is 9.59 Å². The molecule has 1 N–H and O–H groups in total. The summed E-state index contributed by atoms with van der Waals surface area (Å²) in [5.74, 6) is -1.84. The van der Waals surface area contributed by atoms with Gasteiger partial charge in [0.2, 0.25) is 5.91 Å². The van der Waals surface area contributed by atoms with E-state index in [1.807, 2.05) is 26.8 Å². The molecule has 106 valence electrons. The zero-order chi connectivity index (χ0) is 14.5. The standard InChI is InChI=1S/C15H24N2O2/c1-15(2,3)9-13(18)12(10-16)14(19)17-11-7-5-4-6-8-11/h11-12H,4-9H2,1-3H3,(H,17,19)/t12-/m0/s1. The molecule has 1 saturated carbocycles. The minimum atomic E-state index is -1.15. The summed E-state index contributed by atoms with van der Waals surface area (Å²) in [6, 6.07) is 1.99. The van der Waals surface area contributed by atoms with Crippen molar-refractivity contribution in [3.63, 3.8) is 0 Å². The molecule has 0 aromatic rings. The van der Waals surface area contributed by atoms with Crippen molar-refractivity contribution in [1.29, 1.82) is 5.26 Å². The molecular formula is C15H24N2O2. The lowest BCUT2D eigenvalue weighted by atomic mass is 9.85. The van der Waals surface area contributed by atoms with Crippen LogP contribution in [0.25, 0.3) is 0 Å². The Morgan fingerprint density at radius 1 is 1.26 bits per heavy atom. The van der Waals surface area contributed by atoms with Gasteiger partial charge < -0.3 is 5.32 Å². The molecule has 0 spiro atoms. The molecule has 0 aromatic carbocycles. The molecule has 0 unspecified atom stereocenters. The lowest BCUT2D eigenvalue weighted by molar-refractivity contribution is -0.133. The third-order valence-electron chi connectivity index (χ3n) is 3.37. The number of ketones is 1. The van der Waals surface area contributed by atoms with Gasteiger partial charge >= 0.3 is 0 Å². The maximum absolute atomic E-state index is 12.0. The van der Waals surface area contributed by atoms with E-state index in [1.54, 1.807) is 0 Å². The second-order valence-corrected chi connectivity index (χ2v) is 6.61. The molecule has 4 heteroatoms. The Morgan fingerprint density at radius 3 is 2.32 bits per heavy atom. The molecule has 0 heterocycles. The van der Waals surface area contributed by atoms with Crippen LogP contribution in [-0.4, -0.2) is 17.7 Å². The summed E-state index contributed by atoms with van der Waals surface area (Å²) in [5.41, 5.74) is -0.197. The van der Waals surface area contributed by atoms with Crippen LogP contribution in [0.5, 0.6) is 0 Å². The highest BCUT2D eigenvalue weighted by atomic mass is 16.2. The molecule has 1 atom stereocenters. The SMILES string of the molecule is CC(C)(C)CC(=O)[C@H](C#N)C(=O)NC1CCCCC1. The van der Waals surface area contributed by atoms with E-state index in [0.717, 1.165) is 25.7 Å². The molecule has 19 heavy (non-hydrogen) atoms. The number of carbonyl (C=O) groups excluding carboxylic acids is 2. The molecule has 0 saturated heterocycles. The van der Waals surface area contributed by atoms with Gasteiger partial charge in [-0.3, -0.25) is 9.59 Å². The third-order valence-corrected chi connectivity index (χ3v) is 3.37. The van der Waals surface area contributed by atoms with Crippen LogP contribution in [0.3, 0.4) is 0 Å². The molecule has 1 rings (SSSR count). The number of rotatable bonds is 4. The lowest BCUT2D eigenvalue weighted by Gasteiger charge is -2.24. The Kier molecular flexibility index (Phi) is 5.53. The van der Waals surface area contributed by atoms with Crippen molar-refractivity contribution in [1.82, 2.24) is 5.32 Å². The Morgan fingerprint density at radius 2 is 1.84 bits per heavy atom. The normalized spacial score (nSPS) is 18.4. The minimum absolute atomic E-state index is 0.138.